The third kappa shape index (κ3) is 1.21. The molecule has 6 nitrogen and oxygen atoms in total. The lowest BCUT2D eigenvalue weighted by Gasteiger charge is -2.79. The Bertz CT molecular complexity index is 761. The fourth-order valence-corrected chi connectivity index (χ4v) is 8.49. The molecule has 0 radical (unpaired) electrons. The number of rotatable bonds is 0. The molecule has 3 N–H and O–H groups in total. The van der Waals surface area contributed by atoms with E-state index in [0.717, 1.165) is 19.3 Å². The van der Waals surface area contributed by atoms with Crippen molar-refractivity contribution in [2.45, 2.75) is 69.9 Å². The van der Waals surface area contributed by atoms with Crippen molar-refractivity contribution < 1.29 is 29.6 Å². The van der Waals surface area contributed by atoms with Gasteiger partial charge in [0.25, 0.3) is 0 Å². The van der Waals surface area contributed by atoms with E-state index in [1.165, 1.54) is 0 Å². The van der Waals surface area contributed by atoms with E-state index < -0.39 is 47.1 Å². The van der Waals surface area contributed by atoms with Crippen molar-refractivity contribution in [2.75, 3.05) is 0 Å². The van der Waals surface area contributed by atoms with Crippen LogP contribution in [0, 0.1) is 34.0 Å². The van der Waals surface area contributed by atoms with Crippen LogP contribution in [-0.4, -0.2) is 51.5 Å². The maximum absolute atomic E-state index is 13.5. The molecular formula is C20H26O6. The lowest BCUT2D eigenvalue weighted by molar-refractivity contribution is -0.554. The molecule has 0 aromatic rings. The Hall–Kier alpha value is -0.790. The summed E-state index contributed by atoms with van der Waals surface area (Å²) in [5.41, 5.74) is -1.95. The molecule has 4 saturated carbocycles. The van der Waals surface area contributed by atoms with Crippen molar-refractivity contribution in [3.8, 4) is 0 Å². The molecular weight excluding hydrogens is 336 g/mol. The van der Waals surface area contributed by atoms with Gasteiger partial charge in [0, 0.05) is 23.2 Å². The van der Waals surface area contributed by atoms with E-state index in [0.29, 0.717) is 12.0 Å². The lowest BCUT2D eigenvalue weighted by atomic mass is 9.34. The maximum Gasteiger partial charge on any atom is 0.211 e. The molecule has 0 aromatic heterocycles. The average molecular weight is 362 g/mol. The number of hydrogen-bond acceptors (Lipinski definition) is 6. The lowest BCUT2D eigenvalue weighted by Crippen LogP contribution is -2.91. The van der Waals surface area contributed by atoms with Gasteiger partial charge in [-0.2, -0.15) is 0 Å². The van der Waals surface area contributed by atoms with Crippen LogP contribution in [0.25, 0.3) is 0 Å². The van der Waals surface area contributed by atoms with Crippen LogP contribution in [0.4, 0.5) is 0 Å². The summed E-state index contributed by atoms with van der Waals surface area (Å²) >= 11 is 0. The molecule has 0 amide bonds. The minimum Gasteiger partial charge on any atom is -0.393 e. The van der Waals surface area contributed by atoms with Crippen LogP contribution in [0.2, 0.25) is 0 Å². The summed E-state index contributed by atoms with van der Waals surface area (Å²) < 4.78 is 12.3. The predicted molar refractivity (Wildman–Crippen MR) is 88.4 cm³/mol. The van der Waals surface area contributed by atoms with Crippen molar-refractivity contribution in [2.24, 2.45) is 34.0 Å². The molecule has 8 aliphatic rings. The van der Waals surface area contributed by atoms with Gasteiger partial charge in [-0.25, -0.2) is 0 Å². The first-order valence-corrected chi connectivity index (χ1v) is 9.79. The van der Waals surface area contributed by atoms with Gasteiger partial charge in [-0.15, -0.1) is 0 Å². The fourth-order valence-electron chi connectivity index (χ4n) is 8.49. The molecule has 1 unspecified atom stereocenters. The number of aliphatic hydroxyl groups is 3. The van der Waals surface area contributed by atoms with E-state index in [2.05, 4.69) is 20.4 Å². The normalized spacial score (nSPS) is 64.0. The number of aliphatic hydroxyl groups excluding tert-OH is 2. The Labute approximate surface area is 152 Å². The second kappa shape index (κ2) is 4.13. The smallest absolute Gasteiger partial charge is 0.211 e. The molecule has 26 heavy (non-hydrogen) atoms. The first-order valence-electron chi connectivity index (χ1n) is 9.79. The highest BCUT2D eigenvalue weighted by molar-refractivity contribution is 6.05. The Kier molecular flexibility index (Phi) is 2.57. The van der Waals surface area contributed by atoms with E-state index in [9.17, 15) is 20.1 Å². The van der Waals surface area contributed by atoms with Gasteiger partial charge in [-0.1, -0.05) is 26.8 Å². The van der Waals surface area contributed by atoms with Crippen LogP contribution < -0.4 is 0 Å². The number of carbonyl (C=O) groups excluding carboxylic acids is 1. The number of ether oxygens (including phenoxy) is 2. The first-order chi connectivity index (χ1) is 12.1. The fraction of sp³-hybridized carbons (Fsp3) is 0.850. The molecule has 6 heteroatoms. The zero-order valence-electron chi connectivity index (χ0n) is 15.1. The Balaban J connectivity index is 1.70. The third-order valence-electron chi connectivity index (χ3n) is 9.04. The molecule has 2 spiro atoms. The second-order valence-corrected chi connectivity index (χ2v) is 10.2. The van der Waals surface area contributed by atoms with E-state index in [-0.39, 0.29) is 23.0 Å². The van der Waals surface area contributed by atoms with Crippen molar-refractivity contribution in [1.29, 1.82) is 0 Å². The van der Waals surface area contributed by atoms with Gasteiger partial charge < -0.3 is 24.8 Å². The highest BCUT2D eigenvalue weighted by atomic mass is 16.8. The molecule has 4 heterocycles. The van der Waals surface area contributed by atoms with Gasteiger partial charge in [0.2, 0.25) is 5.79 Å². The Morgan fingerprint density at radius 2 is 1.92 bits per heavy atom. The minimum atomic E-state index is -2.03. The van der Waals surface area contributed by atoms with Gasteiger partial charge in [-0.3, -0.25) is 4.79 Å². The largest absolute Gasteiger partial charge is 0.393 e. The molecule has 10 atom stereocenters. The average Bonchev–Trinajstić information content (AvgIpc) is 2.70. The van der Waals surface area contributed by atoms with Crippen molar-refractivity contribution in [3.63, 3.8) is 0 Å². The van der Waals surface area contributed by atoms with E-state index >= 15 is 0 Å². The summed E-state index contributed by atoms with van der Waals surface area (Å²) in [7, 11) is 0. The summed E-state index contributed by atoms with van der Waals surface area (Å²) in [5.74, 6) is -3.38. The molecule has 4 aliphatic carbocycles. The zero-order valence-corrected chi connectivity index (χ0v) is 15.1. The van der Waals surface area contributed by atoms with Crippen molar-refractivity contribution in [1.82, 2.24) is 0 Å². The second-order valence-electron chi connectivity index (χ2n) is 10.2. The van der Waals surface area contributed by atoms with Crippen LogP contribution in [-0.2, 0) is 14.3 Å². The molecule has 0 aromatic carbocycles. The molecule has 4 saturated heterocycles. The minimum absolute atomic E-state index is 0.249. The van der Waals surface area contributed by atoms with Crippen LogP contribution in [0.15, 0.2) is 12.2 Å². The monoisotopic (exact) mass is 362 g/mol. The summed E-state index contributed by atoms with van der Waals surface area (Å²) in [6, 6.07) is 0. The topological polar surface area (TPSA) is 96.2 Å². The Morgan fingerprint density at radius 3 is 2.65 bits per heavy atom. The van der Waals surface area contributed by atoms with Gasteiger partial charge in [0.15, 0.2) is 12.1 Å². The Morgan fingerprint density at radius 1 is 1.19 bits per heavy atom. The summed E-state index contributed by atoms with van der Waals surface area (Å²) in [6.45, 7) is 8.16. The summed E-state index contributed by atoms with van der Waals surface area (Å²) in [5, 5.41) is 34.3. The van der Waals surface area contributed by atoms with E-state index in [1.807, 2.05) is 0 Å². The van der Waals surface area contributed by atoms with Gasteiger partial charge in [0.05, 0.1) is 12.2 Å². The summed E-state index contributed by atoms with van der Waals surface area (Å²) in [6.07, 6.45) is -0.195. The van der Waals surface area contributed by atoms with Crippen molar-refractivity contribution in [3.05, 3.63) is 12.2 Å². The maximum atomic E-state index is 13.5. The third-order valence-corrected chi connectivity index (χ3v) is 9.04. The quantitative estimate of drug-likeness (QED) is 0.550. The molecule has 8 fully saturated rings. The number of Topliss-reactive ketones (excluding diaryl/α,β-unsaturated/α-hetero) is 1. The predicted octanol–water partition coefficient (Wildman–Crippen LogP) is 0.740. The number of carbonyl (C=O) groups is 1. The number of ketones is 1. The first kappa shape index (κ1) is 16.2. The molecule has 7 bridgehead atoms. The SMILES string of the molecule is C=C1C(=O)[C@]23[C@H]4OC5O[C@]2(O)[C@@H](O)[C@@H]2C(C)(C)CCC[C@]52[C@@H]3[C@@H](O)C[C@@H]14. The highest BCUT2D eigenvalue weighted by Gasteiger charge is 2.92. The standard InChI is InChI=1S/C20H26O6/c1-8-9-7-10(21)11-18-6-4-5-17(2,3)12(18)14(23)20(24)19(11,13(8)22)15(9)25-16(18)26-20/h9-12,14-16,21,23-24H,1,4-7H2,2-3H3/t9-,10-,11-,12+,14-,15-,16?,18+,19+,20+/m0/s1. The van der Waals surface area contributed by atoms with Gasteiger partial charge in [0.1, 0.15) is 11.5 Å². The van der Waals surface area contributed by atoms with E-state index in [4.69, 9.17) is 9.47 Å². The summed E-state index contributed by atoms with van der Waals surface area (Å²) in [4.78, 5) is 13.5. The van der Waals surface area contributed by atoms with Crippen molar-refractivity contribution >= 4 is 5.78 Å². The number of hydrogen-bond donors (Lipinski definition) is 3. The molecule has 4 aliphatic heterocycles. The highest BCUT2D eigenvalue weighted by Crippen LogP contribution is 2.81. The van der Waals surface area contributed by atoms with Gasteiger partial charge in [-0.05, 0) is 30.3 Å². The zero-order chi connectivity index (χ0) is 18.4. The molecule has 142 valence electrons. The van der Waals surface area contributed by atoms with Crippen LogP contribution in [0.1, 0.15) is 39.5 Å². The van der Waals surface area contributed by atoms with E-state index in [1.54, 1.807) is 0 Å². The van der Waals surface area contributed by atoms with Crippen LogP contribution in [0.3, 0.4) is 0 Å². The molecule has 8 rings (SSSR count). The van der Waals surface area contributed by atoms with Crippen LogP contribution in [0.5, 0.6) is 0 Å². The van der Waals surface area contributed by atoms with Crippen LogP contribution >= 0.6 is 0 Å². The van der Waals surface area contributed by atoms with Gasteiger partial charge >= 0.3 is 0 Å².